The topological polar surface area (TPSA) is 40.6 Å². The number of nitrogens with zero attached hydrogens (tertiary/aromatic N) is 2. The maximum Gasteiger partial charge on any atom is 0.222 e. The minimum Gasteiger partial charge on any atom is -0.340 e. The molecular weight excluding hydrogens is 252 g/mol. The van der Waals surface area contributed by atoms with Crippen molar-refractivity contribution in [3.05, 3.63) is 0 Å². The molecule has 0 aromatic rings. The Morgan fingerprint density at radius 3 is 2.30 bits per heavy atom. The van der Waals surface area contributed by atoms with Crippen LogP contribution in [0.15, 0.2) is 0 Å². The fourth-order valence-electron chi connectivity index (χ4n) is 2.22. The average molecular weight is 278 g/mol. The number of hydrogen-bond acceptors (Lipinski definition) is 3. The lowest BCUT2D eigenvalue weighted by atomic mass is 10.1. The van der Waals surface area contributed by atoms with Gasteiger partial charge in [-0.15, -0.1) is 5.92 Å². The summed E-state index contributed by atoms with van der Waals surface area (Å²) in [5.41, 5.74) is 0. The van der Waals surface area contributed by atoms with Crippen molar-refractivity contribution in [3.63, 3.8) is 0 Å². The fraction of sp³-hybridized carbons (Fsp3) is 0.750. The van der Waals surface area contributed by atoms with Crippen LogP contribution in [-0.4, -0.2) is 54.2 Å². The molecule has 1 aliphatic heterocycles. The van der Waals surface area contributed by atoms with Crippen LogP contribution in [-0.2, 0) is 9.59 Å². The molecule has 0 spiro atoms. The Hall–Kier alpha value is -1.34. The fourth-order valence-corrected chi connectivity index (χ4v) is 2.22. The molecule has 1 heterocycles. The minimum atomic E-state index is 0.188. The number of hydrogen-bond donors (Lipinski definition) is 0. The van der Waals surface area contributed by atoms with Crippen molar-refractivity contribution >= 4 is 11.7 Å². The maximum atomic E-state index is 12.0. The molecule has 112 valence electrons. The molecule has 0 N–H and O–H groups in total. The van der Waals surface area contributed by atoms with E-state index >= 15 is 0 Å². The molecule has 0 aromatic carbocycles. The van der Waals surface area contributed by atoms with Crippen LogP contribution in [0.2, 0.25) is 0 Å². The largest absolute Gasteiger partial charge is 0.340 e. The number of Topliss-reactive ketones (excluding diaryl/α,β-unsaturated/α-hetero) is 1. The summed E-state index contributed by atoms with van der Waals surface area (Å²) in [5, 5.41) is 0. The monoisotopic (exact) mass is 278 g/mol. The molecule has 0 radical (unpaired) electrons. The van der Waals surface area contributed by atoms with Crippen molar-refractivity contribution in [2.75, 3.05) is 32.7 Å². The summed E-state index contributed by atoms with van der Waals surface area (Å²) in [7, 11) is 0. The molecule has 0 aliphatic carbocycles. The first-order chi connectivity index (χ1) is 9.67. The number of amides is 1. The second-order valence-corrected chi connectivity index (χ2v) is 5.11. The van der Waals surface area contributed by atoms with Crippen LogP contribution in [0.3, 0.4) is 0 Å². The highest BCUT2D eigenvalue weighted by molar-refractivity contribution is 5.80. The zero-order chi connectivity index (χ0) is 14.8. The zero-order valence-electron chi connectivity index (χ0n) is 12.8. The van der Waals surface area contributed by atoms with Crippen molar-refractivity contribution in [2.45, 2.75) is 46.0 Å². The molecule has 4 heteroatoms. The lowest BCUT2D eigenvalue weighted by molar-refractivity contribution is -0.133. The number of carbonyl (C=O) groups is 2. The van der Waals surface area contributed by atoms with E-state index in [-0.39, 0.29) is 11.7 Å². The third-order valence-electron chi connectivity index (χ3n) is 3.57. The first-order valence-corrected chi connectivity index (χ1v) is 7.64. The van der Waals surface area contributed by atoms with E-state index in [0.717, 1.165) is 39.1 Å². The Morgan fingerprint density at radius 1 is 1.00 bits per heavy atom. The van der Waals surface area contributed by atoms with Crippen LogP contribution in [0.25, 0.3) is 0 Å². The molecule has 4 nitrogen and oxygen atoms in total. The Labute approximate surface area is 122 Å². The van der Waals surface area contributed by atoms with Gasteiger partial charge in [-0.25, -0.2) is 0 Å². The smallest absolute Gasteiger partial charge is 0.222 e. The van der Waals surface area contributed by atoms with Gasteiger partial charge in [0.05, 0.1) is 6.54 Å². The van der Waals surface area contributed by atoms with Crippen LogP contribution in [0.1, 0.15) is 46.0 Å². The van der Waals surface area contributed by atoms with Gasteiger partial charge in [0, 0.05) is 51.9 Å². The van der Waals surface area contributed by atoms with E-state index in [4.69, 9.17) is 0 Å². The number of carbonyl (C=O) groups excluding carboxylic acids is 2. The van der Waals surface area contributed by atoms with E-state index in [0.29, 0.717) is 25.7 Å². The molecule has 20 heavy (non-hydrogen) atoms. The van der Waals surface area contributed by atoms with Gasteiger partial charge < -0.3 is 4.90 Å². The van der Waals surface area contributed by atoms with Crippen LogP contribution >= 0.6 is 0 Å². The molecule has 1 rings (SSSR count). The van der Waals surface area contributed by atoms with Crippen molar-refractivity contribution in [1.29, 1.82) is 0 Å². The lowest BCUT2D eigenvalue weighted by Gasteiger charge is -2.33. The molecule has 0 saturated carbocycles. The van der Waals surface area contributed by atoms with Crippen LogP contribution in [0.5, 0.6) is 0 Å². The second-order valence-electron chi connectivity index (χ2n) is 5.11. The van der Waals surface area contributed by atoms with Crippen molar-refractivity contribution in [2.24, 2.45) is 0 Å². The van der Waals surface area contributed by atoms with Gasteiger partial charge in [-0.3, -0.25) is 14.5 Å². The summed E-state index contributed by atoms with van der Waals surface area (Å²) >= 11 is 0. The number of piperazine rings is 1. The molecule has 0 aromatic heterocycles. The molecule has 1 amide bonds. The van der Waals surface area contributed by atoms with E-state index in [1.54, 1.807) is 0 Å². The first-order valence-electron chi connectivity index (χ1n) is 7.64. The van der Waals surface area contributed by atoms with E-state index in [2.05, 4.69) is 16.7 Å². The van der Waals surface area contributed by atoms with E-state index in [1.807, 2.05) is 18.7 Å². The summed E-state index contributed by atoms with van der Waals surface area (Å²) in [6.07, 6.45) is 3.20. The standard InChI is InChI=1S/C16H26N2O2/c1-3-5-6-10-17-11-13-18(14-12-17)16(20)9-7-8-15(19)4-2/h3-4,7-14H2,1-2H3. The first kappa shape index (κ1) is 16.7. The molecule has 1 fully saturated rings. The average Bonchev–Trinajstić information content (AvgIpc) is 2.48. The van der Waals surface area contributed by atoms with E-state index < -0.39 is 0 Å². The Bertz CT molecular complexity index is 374. The van der Waals surface area contributed by atoms with E-state index in [9.17, 15) is 9.59 Å². The Morgan fingerprint density at radius 2 is 1.70 bits per heavy atom. The molecule has 0 unspecified atom stereocenters. The third-order valence-corrected chi connectivity index (χ3v) is 3.57. The van der Waals surface area contributed by atoms with E-state index in [1.165, 1.54) is 0 Å². The predicted molar refractivity (Wildman–Crippen MR) is 80.2 cm³/mol. The highest BCUT2D eigenvalue weighted by atomic mass is 16.2. The summed E-state index contributed by atoms with van der Waals surface area (Å²) in [4.78, 5) is 27.4. The third kappa shape index (κ3) is 6.21. The summed E-state index contributed by atoms with van der Waals surface area (Å²) in [6, 6.07) is 0. The highest BCUT2D eigenvalue weighted by Crippen LogP contribution is 2.07. The summed E-state index contributed by atoms with van der Waals surface area (Å²) < 4.78 is 0. The maximum absolute atomic E-state index is 12.0. The van der Waals surface area contributed by atoms with Gasteiger partial charge in [0.15, 0.2) is 0 Å². The summed E-state index contributed by atoms with van der Waals surface area (Å²) in [5.74, 6) is 6.64. The zero-order valence-corrected chi connectivity index (χ0v) is 12.8. The van der Waals surface area contributed by atoms with Crippen LogP contribution in [0.4, 0.5) is 0 Å². The van der Waals surface area contributed by atoms with Crippen molar-refractivity contribution < 1.29 is 9.59 Å². The van der Waals surface area contributed by atoms with Crippen LogP contribution in [0, 0.1) is 11.8 Å². The lowest BCUT2D eigenvalue weighted by Crippen LogP contribution is -2.48. The quantitative estimate of drug-likeness (QED) is 0.694. The molecule has 1 aliphatic rings. The van der Waals surface area contributed by atoms with Gasteiger partial charge >= 0.3 is 0 Å². The Balaban J connectivity index is 2.20. The normalized spacial score (nSPS) is 15.6. The van der Waals surface area contributed by atoms with Crippen molar-refractivity contribution in [1.82, 2.24) is 9.80 Å². The number of rotatable bonds is 6. The molecule has 1 saturated heterocycles. The van der Waals surface area contributed by atoms with Gasteiger partial charge in [-0.05, 0) is 6.42 Å². The van der Waals surface area contributed by atoms with Gasteiger partial charge in [0.2, 0.25) is 5.91 Å². The number of ketones is 1. The Kier molecular flexibility index (Phi) is 7.98. The molecular formula is C16H26N2O2. The van der Waals surface area contributed by atoms with Gasteiger partial charge in [0.1, 0.15) is 5.78 Å². The highest BCUT2D eigenvalue weighted by Gasteiger charge is 2.20. The second kappa shape index (κ2) is 9.55. The molecule has 0 bridgehead atoms. The van der Waals surface area contributed by atoms with Crippen LogP contribution < -0.4 is 0 Å². The SMILES string of the molecule is CCC#CCN1CCN(C(=O)CCCC(=O)CC)CC1. The van der Waals surface area contributed by atoms with Gasteiger partial charge in [-0.1, -0.05) is 19.8 Å². The minimum absolute atomic E-state index is 0.188. The van der Waals surface area contributed by atoms with Gasteiger partial charge in [-0.2, -0.15) is 0 Å². The molecule has 0 atom stereocenters. The predicted octanol–water partition coefficient (Wildman–Crippen LogP) is 1.69. The van der Waals surface area contributed by atoms with Crippen molar-refractivity contribution in [3.8, 4) is 11.8 Å². The van der Waals surface area contributed by atoms with Gasteiger partial charge in [0.25, 0.3) is 0 Å². The summed E-state index contributed by atoms with van der Waals surface area (Å²) in [6.45, 7) is 8.09.